The molecule has 0 unspecified atom stereocenters. The Labute approximate surface area is 173 Å². The molecule has 0 bridgehead atoms. The van der Waals surface area contributed by atoms with E-state index in [0.717, 1.165) is 42.5 Å². The molecule has 1 fully saturated rings. The van der Waals surface area contributed by atoms with Gasteiger partial charge in [-0.25, -0.2) is 0 Å². The monoisotopic (exact) mass is 409 g/mol. The fraction of sp³-hybridized carbons (Fsp3) is 0.368. The summed E-state index contributed by atoms with van der Waals surface area (Å²) in [6.07, 6.45) is 8.88. The van der Waals surface area contributed by atoms with Crippen LogP contribution in [0.1, 0.15) is 25.1 Å². The summed E-state index contributed by atoms with van der Waals surface area (Å²) >= 11 is 1.51. The zero-order chi connectivity index (χ0) is 20.1. The summed E-state index contributed by atoms with van der Waals surface area (Å²) in [5, 5.41) is 9.46. The molecule has 1 aliphatic heterocycles. The van der Waals surface area contributed by atoms with Crippen LogP contribution >= 0.6 is 11.8 Å². The van der Waals surface area contributed by atoms with Crippen molar-refractivity contribution in [3.05, 3.63) is 43.0 Å². The molecule has 0 saturated carbocycles. The van der Waals surface area contributed by atoms with Crippen LogP contribution in [0.4, 0.5) is 11.9 Å². The molecule has 1 saturated heterocycles. The molecular weight excluding hydrogens is 386 g/mol. The molecular formula is C19H23N9S. The van der Waals surface area contributed by atoms with Gasteiger partial charge in [-0.2, -0.15) is 15.0 Å². The van der Waals surface area contributed by atoms with Gasteiger partial charge >= 0.3 is 0 Å². The van der Waals surface area contributed by atoms with Crippen LogP contribution in [0, 0.1) is 0 Å². The minimum atomic E-state index is 0.250. The van der Waals surface area contributed by atoms with E-state index in [4.69, 9.17) is 5.73 Å². The molecule has 0 aromatic carbocycles. The maximum absolute atomic E-state index is 5.94. The molecule has 9 nitrogen and oxygen atoms in total. The lowest BCUT2D eigenvalue weighted by Crippen LogP contribution is -2.31. The molecule has 0 spiro atoms. The van der Waals surface area contributed by atoms with Gasteiger partial charge in [0.2, 0.25) is 11.9 Å². The predicted octanol–water partition coefficient (Wildman–Crippen LogP) is 2.58. The summed E-state index contributed by atoms with van der Waals surface area (Å²) in [5.74, 6) is 2.83. The Morgan fingerprint density at radius 3 is 2.76 bits per heavy atom. The molecule has 0 atom stereocenters. The maximum Gasteiger partial charge on any atom is 0.230 e. The molecule has 3 aromatic rings. The van der Waals surface area contributed by atoms with Crippen LogP contribution in [0.3, 0.4) is 0 Å². The van der Waals surface area contributed by atoms with Gasteiger partial charge in [0.1, 0.15) is 5.82 Å². The number of piperidine rings is 1. The predicted molar refractivity (Wildman–Crippen MR) is 113 cm³/mol. The first-order chi connectivity index (χ1) is 14.2. The number of nitrogen functional groups attached to an aromatic ring is 1. The van der Waals surface area contributed by atoms with Crippen molar-refractivity contribution in [1.82, 2.24) is 34.7 Å². The molecule has 29 heavy (non-hydrogen) atoms. The van der Waals surface area contributed by atoms with Crippen LogP contribution in [-0.4, -0.2) is 47.8 Å². The average molecular weight is 410 g/mol. The zero-order valence-corrected chi connectivity index (χ0v) is 16.9. The number of thioether (sulfide) groups is 1. The summed E-state index contributed by atoms with van der Waals surface area (Å²) in [7, 11) is 0. The minimum Gasteiger partial charge on any atom is -0.368 e. The first-order valence-corrected chi connectivity index (χ1v) is 10.6. The van der Waals surface area contributed by atoms with Crippen molar-refractivity contribution in [1.29, 1.82) is 0 Å². The summed E-state index contributed by atoms with van der Waals surface area (Å²) in [5.41, 5.74) is 6.85. The van der Waals surface area contributed by atoms with E-state index in [9.17, 15) is 0 Å². The van der Waals surface area contributed by atoms with Crippen LogP contribution in [0.5, 0.6) is 0 Å². The van der Waals surface area contributed by atoms with Crippen molar-refractivity contribution < 1.29 is 0 Å². The third kappa shape index (κ3) is 4.53. The number of anilines is 2. The zero-order valence-electron chi connectivity index (χ0n) is 16.1. The van der Waals surface area contributed by atoms with Crippen LogP contribution in [0.2, 0.25) is 0 Å². The Hall–Kier alpha value is -3.01. The van der Waals surface area contributed by atoms with Crippen molar-refractivity contribution in [3.8, 4) is 11.4 Å². The minimum absolute atomic E-state index is 0.250. The quantitative estimate of drug-likeness (QED) is 0.465. The van der Waals surface area contributed by atoms with Crippen molar-refractivity contribution >= 4 is 23.7 Å². The molecule has 2 N–H and O–H groups in total. The fourth-order valence-corrected chi connectivity index (χ4v) is 4.05. The first kappa shape index (κ1) is 19.3. The Balaban J connectivity index is 1.54. The van der Waals surface area contributed by atoms with Crippen molar-refractivity contribution in [2.75, 3.05) is 23.7 Å². The van der Waals surface area contributed by atoms with E-state index < -0.39 is 0 Å². The molecule has 0 aliphatic carbocycles. The van der Waals surface area contributed by atoms with Crippen LogP contribution < -0.4 is 10.6 Å². The standard InChI is InChI=1S/C19H23N9S/c1-2-9-28-16(14-7-6-8-21-12-14)25-26-19(28)29-13-15-22-17(20)24-18(23-15)27-10-4-3-5-11-27/h2,6-8,12H,1,3-5,9-11,13H2,(H2,20,22,23,24). The Morgan fingerprint density at radius 1 is 1.14 bits per heavy atom. The first-order valence-electron chi connectivity index (χ1n) is 9.57. The highest BCUT2D eigenvalue weighted by molar-refractivity contribution is 7.98. The van der Waals surface area contributed by atoms with E-state index >= 15 is 0 Å². The number of hydrogen-bond donors (Lipinski definition) is 1. The SMILES string of the molecule is C=CCn1c(SCc2nc(N)nc(N3CCCCC3)n2)nnc1-c1cccnc1. The summed E-state index contributed by atoms with van der Waals surface area (Å²) in [6.45, 7) is 6.36. The Kier molecular flexibility index (Phi) is 5.99. The van der Waals surface area contributed by atoms with E-state index in [-0.39, 0.29) is 5.95 Å². The highest BCUT2D eigenvalue weighted by Crippen LogP contribution is 2.26. The third-order valence-electron chi connectivity index (χ3n) is 4.60. The maximum atomic E-state index is 5.94. The number of rotatable bonds is 7. The van der Waals surface area contributed by atoms with E-state index in [0.29, 0.717) is 24.1 Å². The normalized spacial score (nSPS) is 14.1. The smallest absolute Gasteiger partial charge is 0.230 e. The van der Waals surface area contributed by atoms with Gasteiger partial charge in [-0.3, -0.25) is 9.55 Å². The fourth-order valence-electron chi connectivity index (χ4n) is 3.25. The van der Waals surface area contributed by atoms with Gasteiger partial charge in [0.25, 0.3) is 0 Å². The van der Waals surface area contributed by atoms with Crippen molar-refractivity contribution in [2.45, 2.75) is 36.7 Å². The second kappa shape index (κ2) is 8.99. The van der Waals surface area contributed by atoms with Crippen molar-refractivity contribution in [3.63, 3.8) is 0 Å². The van der Waals surface area contributed by atoms with Gasteiger partial charge in [-0.05, 0) is 31.4 Å². The molecule has 0 amide bonds. The van der Waals surface area contributed by atoms with E-state index in [1.54, 1.807) is 12.4 Å². The van der Waals surface area contributed by atoms with Crippen LogP contribution in [0.25, 0.3) is 11.4 Å². The van der Waals surface area contributed by atoms with E-state index in [1.807, 2.05) is 22.8 Å². The largest absolute Gasteiger partial charge is 0.368 e. The summed E-state index contributed by atoms with van der Waals surface area (Å²) in [6, 6.07) is 3.84. The van der Waals surface area contributed by atoms with Gasteiger partial charge in [0, 0.05) is 37.6 Å². The Bertz CT molecular complexity index is 967. The topological polar surface area (TPSA) is 112 Å². The molecule has 4 rings (SSSR count). The molecule has 0 radical (unpaired) electrons. The second-order valence-electron chi connectivity index (χ2n) is 6.69. The summed E-state index contributed by atoms with van der Waals surface area (Å²) in [4.78, 5) is 19.6. The molecule has 10 heteroatoms. The van der Waals surface area contributed by atoms with Gasteiger partial charge < -0.3 is 10.6 Å². The molecule has 150 valence electrons. The van der Waals surface area contributed by atoms with Gasteiger partial charge in [0.05, 0.1) is 5.75 Å². The van der Waals surface area contributed by atoms with Crippen molar-refractivity contribution in [2.24, 2.45) is 0 Å². The number of hydrogen-bond acceptors (Lipinski definition) is 9. The lowest BCUT2D eigenvalue weighted by atomic mass is 10.1. The highest BCUT2D eigenvalue weighted by Gasteiger charge is 2.17. The number of nitrogens with zero attached hydrogens (tertiary/aromatic N) is 8. The molecule has 4 heterocycles. The summed E-state index contributed by atoms with van der Waals surface area (Å²) < 4.78 is 2.00. The lowest BCUT2D eigenvalue weighted by molar-refractivity contribution is 0.567. The lowest BCUT2D eigenvalue weighted by Gasteiger charge is -2.26. The van der Waals surface area contributed by atoms with E-state index in [1.165, 1.54) is 18.2 Å². The average Bonchev–Trinajstić information content (AvgIpc) is 3.16. The Morgan fingerprint density at radius 2 is 2.00 bits per heavy atom. The molecule has 1 aliphatic rings. The number of pyridine rings is 1. The number of nitrogens with two attached hydrogens (primary N) is 1. The molecule has 3 aromatic heterocycles. The third-order valence-corrected chi connectivity index (χ3v) is 5.57. The van der Waals surface area contributed by atoms with E-state index in [2.05, 4.69) is 41.6 Å². The highest BCUT2D eigenvalue weighted by atomic mass is 32.2. The van der Waals surface area contributed by atoms with Crippen LogP contribution in [-0.2, 0) is 12.3 Å². The van der Waals surface area contributed by atoms with Gasteiger partial charge in [0.15, 0.2) is 11.0 Å². The number of allylic oxidation sites excluding steroid dienone is 1. The van der Waals surface area contributed by atoms with Gasteiger partial charge in [-0.1, -0.05) is 17.8 Å². The number of aromatic nitrogens is 7. The second-order valence-corrected chi connectivity index (χ2v) is 7.64. The van der Waals surface area contributed by atoms with Gasteiger partial charge in [-0.15, -0.1) is 16.8 Å². The van der Waals surface area contributed by atoms with Crippen LogP contribution in [0.15, 0.2) is 42.3 Å².